The van der Waals surface area contributed by atoms with E-state index >= 15 is 0 Å². The number of fused-ring (bicyclic) bond motifs is 1. The number of nitrogen functional groups attached to an aromatic ring is 1. The van der Waals surface area contributed by atoms with Gasteiger partial charge in [-0.1, -0.05) is 12.1 Å². The number of aromatic nitrogens is 1. The van der Waals surface area contributed by atoms with E-state index in [0.717, 1.165) is 22.4 Å². The van der Waals surface area contributed by atoms with Crippen LogP contribution in [0.1, 0.15) is 0 Å². The molecule has 0 saturated carbocycles. The van der Waals surface area contributed by atoms with Crippen molar-refractivity contribution in [2.75, 3.05) is 24.7 Å². The summed E-state index contributed by atoms with van der Waals surface area (Å²) in [5.74, 6) is 0.926. The first-order valence-corrected chi connectivity index (χ1v) is 4.51. The van der Waals surface area contributed by atoms with Crippen molar-refractivity contribution in [2.24, 2.45) is 0 Å². The van der Waals surface area contributed by atoms with Crippen molar-refractivity contribution in [3.05, 3.63) is 30.3 Å². The fourth-order valence-electron chi connectivity index (χ4n) is 1.41. The summed E-state index contributed by atoms with van der Waals surface area (Å²) in [6.07, 6.45) is 0. The van der Waals surface area contributed by atoms with Crippen molar-refractivity contribution in [3.8, 4) is 0 Å². The van der Waals surface area contributed by atoms with Gasteiger partial charge in [0.2, 0.25) is 0 Å². The Bertz CT molecular complexity index is 463. The van der Waals surface area contributed by atoms with Crippen LogP contribution in [0.2, 0.25) is 0 Å². The third kappa shape index (κ3) is 1.37. The average molecular weight is 187 g/mol. The third-order valence-corrected chi connectivity index (χ3v) is 2.19. The minimum absolute atomic E-state index is 0.728. The molecule has 2 rings (SSSR count). The highest BCUT2D eigenvalue weighted by Gasteiger charge is 2.01. The molecular formula is C11H13N3. The molecule has 1 heterocycles. The Hall–Kier alpha value is -1.77. The Kier molecular flexibility index (Phi) is 2.00. The van der Waals surface area contributed by atoms with Gasteiger partial charge in [0.05, 0.1) is 11.2 Å². The van der Waals surface area contributed by atoms with E-state index in [2.05, 4.69) is 4.98 Å². The molecular weight excluding hydrogens is 174 g/mol. The monoisotopic (exact) mass is 187 g/mol. The molecule has 0 amide bonds. The third-order valence-electron chi connectivity index (χ3n) is 2.19. The number of benzene rings is 1. The summed E-state index contributed by atoms with van der Waals surface area (Å²) in [5.41, 5.74) is 7.45. The van der Waals surface area contributed by atoms with Gasteiger partial charge in [-0.15, -0.1) is 0 Å². The van der Waals surface area contributed by atoms with Gasteiger partial charge in [-0.3, -0.25) is 0 Å². The Labute approximate surface area is 83.2 Å². The lowest BCUT2D eigenvalue weighted by Gasteiger charge is -2.12. The van der Waals surface area contributed by atoms with Gasteiger partial charge in [0.1, 0.15) is 5.82 Å². The van der Waals surface area contributed by atoms with Crippen LogP contribution in [-0.2, 0) is 0 Å². The number of hydrogen-bond acceptors (Lipinski definition) is 3. The van der Waals surface area contributed by atoms with E-state index in [-0.39, 0.29) is 0 Å². The highest BCUT2D eigenvalue weighted by Crippen LogP contribution is 2.21. The number of hydrogen-bond donors (Lipinski definition) is 1. The maximum atomic E-state index is 5.84. The zero-order valence-electron chi connectivity index (χ0n) is 8.36. The number of anilines is 2. The van der Waals surface area contributed by atoms with Gasteiger partial charge < -0.3 is 10.6 Å². The minimum atomic E-state index is 0.728. The molecule has 0 unspecified atom stereocenters. The Morgan fingerprint density at radius 3 is 2.64 bits per heavy atom. The first kappa shape index (κ1) is 8.81. The predicted octanol–water partition coefficient (Wildman–Crippen LogP) is 1.88. The van der Waals surface area contributed by atoms with Gasteiger partial charge in [0.15, 0.2) is 0 Å². The summed E-state index contributed by atoms with van der Waals surface area (Å²) in [4.78, 5) is 6.44. The molecule has 2 N–H and O–H groups in total. The lowest BCUT2D eigenvalue weighted by molar-refractivity contribution is 1.08. The summed E-state index contributed by atoms with van der Waals surface area (Å²) in [6.45, 7) is 0. The number of nitrogens with two attached hydrogens (primary N) is 1. The molecule has 0 aliphatic heterocycles. The molecule has 1 aromatic heterocycles. The van der Waals surface area contributed by atoms with E-state index in [4.69, 9.17) is 5.73 Å². The molecule has 2 aromatic rings. The number of pyridine rings is 1. The van der Waals surface area contributed by atoms with E-state index < -0.39 is 0 Å². The molecule has 0 aliphatic rings. The number of rotatable bonds is 1. The SMILES string of the molecule is CN(C)c1ccc2cccc(N)c2n1. The van der Waals surface area contributed by atoms with Crippen molar-refractivity contribution in [3.63, 3.8) is 0 Å². The highest BCUT2D eigenvalue weighted by molar-refractivity contribution is 5.90. The van der Waals surface area contributed by atoms with Crippen LogP contribution >= 0.6 is 0 Å². The second-order valence-corrected chi connectivity index (χ2v) is 3.48. The van der Waals surface area contributed by atoms with Crippen molar-refractivity contribution >= 4 is 22.4 Å². The zero-order chi connectivity index (χ0) is 10.1. The van der Waals surface area contributed by atoms with Crippen LogP contribution < -0.4 is 10.6 Å². The van der Waals surface area contributed by atoms with Gasteiger partial charge in [0.25, 0.3) is 0 Å². The van der Waals surface area contributed by atoms with Gasteiger partial charge in [0, 0.05) is 19.5 Å². The van der Waals surface area contributed by atoms with E-state index in [0.29, 0.717) is 0 Å². The van der Waals surface area contributed by atoms with Crippen molar-refractivity contribution < 1.29 is 0 Å². The Balaban J connectivity index is 2.70. The van der Waals surface area contributed by atoms with Gasteiger partial charge >= 0.3 is 0 Å². The molecule has 0 radical (unpaired) electrons. The lowest BCUT2D eigenvalue weighted by atomic mass is 10.2. The minimum Gasteiger partial charge on any atom is -0.397 e. The summed E-state index contributed by atoms with van der Waals surface area (Å²) in [5, 5.41) is 1.08. The zero-order valence-corrected chi connectivity index (χ0v) is 8.36. The summed E-state index contributed by atoms with van der Waals surface area (Å²) in [7, 11) is 3.93. The van der Waals surface area contributed by atoms with Crippen LogP contribution in [-0.4, -0.2) is 19.1 Å². The summed E-state index contributed by atoms with van der Waals surface area (Å²) >= 11 is 0. The van der Waals surface area contributed by atoms with Crippen LogP contribution in [0.25, 0.3) is 10.9 Å². The molecule has 3 heteroatoms. The maximum Gasteiger partial charge on any atom is 0.128 e. The molecule has 0 bridgehead atoms. The molecule has 3 nitrogen and oxygen atoms in total. The normalized spacial score (nSPS) is 10.4. The second-order valence-electron chi connectivity index (χ2n) is 3.48. The van der Waals surface area contributed by atoms with Gasteiger partial charge in [-0.2, -0.15) is 0 Å². The molecule has 0 saturated heterocycles. The van der Waals surface area contributed by atoms with Crippen LogP contribution in [0.4, 0.5) is 11.5 Å². The fourth-order valence-corrected chi connectivity index (χ4v) is 1.41. The lowest BCUT2D eigenvalue weighted by Crippen LogP contribution is -2.10. The molecule has 0 atom stereocenters. The predicted molar refractivity (Wildman–Crippen MR) is 60.5 cm³/mol. The van der Waals surface area contributed by atoms with E-state index in [1.165, 1.54) is 0 Å². The molecule has 14 heavy (non-hydrogen) atoms. The van der Waals surface area contributed by atoms with Crippen molar-refractivity contribution in [2.45, 2.75) is 0 Å². The molecule has 1 aromatic carbocycles. The molecule has 0 spiro atoms. The molecule has 0 aliphatic carbocycles. The van der Waals surface area contributed by atoms with Crippen LogP contribution in [0.15, 0.2) is 30.3 Å². The van der Waals surface area contributed by atoms with Crippen LogP contribution in [0.3, 0.4) is 0 Å². The highest BCUT2D eigenvalue weighted by atomic mass is 15.1. The largest absolute Gasteiger partial charge is 0.397 e. The fraction of sp³-hybridized carbons (Fsp3) is 0.182. The van der Waals surface area contributed by atoms with Crippen LogP contribution in [0, 0.1) is 0 Å². The first-order chi connectivity index (χ1) is 6.68. The molecule has 72 valence electrons. The van der Waals surface area contributed by atoms with Crippen molar-refractivity contribution in [1.82, 2.24) is 4.98 Å². The Morgan fingerprint density at radius 1 is 1.14 bits per heavy atom. The Morgan fingerprint density at radius 2 is 1.93 bits per heavy atom. The van der Waals surface area contributed by atoms with Crippen LogP contribution in [0.5, 0.6) is 0 Å². The standard InChI is InChI=1S/C11H13N3/c1-14(2)10-7-6-8-4-3-5-9(12)11(8)13-10/h3-7H,12H2,1-2H3. The topological polar surface area (TPSA) is 42.1 Å². The van der Waals surface area contributed by atoms with Gasteiger partial charge in [-0.05, 0) is 18.2 Å². The maximum absolute atomic E-state index is 5.84. The smallest absolute Gasteiger partial charge is 0.128 e. The molecule has 0 fully saturated rings. The summed E-state index contributed by atoms with van der Waals surface area (Å²) < 4.78 is 0. The summed E-state index contributed by atoms with van der Waals surface area (Å²) in [6, 6.07) is 9.84. The van der Waals surface area contributed by atoms with Gasteiger partial charge in [-0.25, -0.2) is 4.98 Å². The van der Waals surface area contributed by atoms with Crippen molar-refractivity contribution in [1.29, 1.82) is 0 Å². The number of nitrogens with zero attached hydrogens (tertiary/aromatic N) is 2. The van der Waals surface area contributed by atoms with E-state index in [9.17, 15) is 0 Å². The second kappa shape index (κ2) is 3.18. The average Bonchev–Trinajstić information content (AvgIpc) is 2.18. The first-order valence-electron chi connectivity index (χ1n) is 4.51. The van der Waals surface area contributed by atoms with E-state index in [1.54, 1.807) is 0 Å². The quantitative estimate of drug-likeness (QED) is 0.693. The van der Waals surface area contributed by atoms with E-state index in [1.807, 2.05) is 49.3 Å². The number of para-hydroxylation sites is 1.